The fourth-order valence-electron chi connectivity index (χ4n) is 2.93. The Balaban J connectivity index is 1.51. The van der Waals surface area contributed by atoms with Crippen LogP contribution in [0.1, 0.15) is 22.3 Å². The van der Waals surface area contributed by atoms with E-state index in [1.807, 2.05) is 16.9 Å². The molecule has 0 radical (unpaired) electrons. The molecule has 0 saturated carbocycles. The van der Waals surface area contributed by atoms with E-state index >= 15 is 0 Å². The average molecular weight is 361 g/mol. The zero-order chi connectivity index (χ0) is 18.9. The van der Waals surface area contributed by atoms with Gasteiger partial charge in [-0.1, -0.05) is 54.1 Å². The fourth-order valence-corrected chi connectivity index (χ4v) is 2.93. The Bertz CT molecular complexity index is 851. The molecule has 0 bridgehead atoms. The van der Waals surface area contributed by atoms with Crippen molar-refractivity contribution in [2.45, 2.75) is 26.4 Å². The van der Waals surface area contributed by atoms with E-state index < -0.39 is 0 Å². The molecule has 27 heavy (non-hydrogen) atoms. The summed E-state index contributed by atoms with van der Waals surface area (Å²) >= 11 is 0. The predicted molar refractivity (Wildman–Crippen MR) is 111 cm³/mol. The number of guanidine groups is 1. The van der Waals surface area contributed by atoms with Crippen molar-refractivity contribution in [3.05, 3.63) is 89.2 Å². The van der Waals surface area contributed by atoms with Crippen LogP contribution in [0.15, 0.2) is 72.0 Å². The minimum absolute atomic E-state index is 0.724. The minimum atomic E-state index is 0.724. The third-order valence-electron chi connectivity index (χ3n) is 4.51. The van der Waals surface area contributed by atoms with Gasteiger partial charge in [-0.15, -0.1) is 0 Å². The average Bonchev–Trinajstić information content (AvgIpc) is 3.20. The molecule has 3 rings (SSSR count). The second kappa shape index (κ2) is 9.57. The number of nitrogens with zero attached hydrogens (tertiary/aromatic N) is 3. The van der Waals surface area contributed by atoms with E-state index in [2.05, 4.69) is 76.2 Å². The molecule has 0 aliphatic rings. The Morgan fingerprint density at radius 2 is 1.78 bits per heavy atom. The summed E-state index contributed by atoms with van der Waals surface area (Å²) in [7, 11) is 1.80. The van der Waals surface area contributed by atoms with Crippen molar-refractivity contribution >= 4 is 5.96 Å². The number of aromatic nitrogens is 2. The highest BCUT2D eigenvalue weighted by Crippen LogP contribution is 2.10. The van der Waals surface area contributed by atoms with Crippen LogP contribution in [0.3, 0.4) is 0 Å². The highest BCUT2D eigenvalue weighted by Gasteiger charge is 2.04. The number of aliphatic imine (C=N–C) groups is 1. The monoisotopic (exact) mass is 361 g/mol. The molecule has 2 N–H and O–H groups in total. The van der Waals surface area contributed by atoms with E-state index in [-0.39, 0.29) is 0 Å². The second-order valence-electron chi connectivity index (χ2n) is 6.56. The first kappa shape index (κ1) is 18.7. The largest absolute Gasteiger partial charge is 0.356 e. The number of benzene rings is 2. The van der Waals surface area contributed by atoms with Crippen LogP contribution in [0, 0.1) is 6.92 Å². The molecule has 0 fully saturated rings. The summed E-state index contributed by atoms with van der Waals surface area (Å²) in [5.41, 5.74) is 5.12. The topological polar surface area (TPSA) is 54.2 Å². The Morgan fingerprint density at radius 3 is 2.48 bits per heavy atom. The number of hydrogen-bond donors (Lipinski definition) is 2. The molecule has 0 amide bonds. The normalized spacial score (nSPS) is 11.4. The van der Waals surface area contributed by atoms with E-state index in [0.29, 0.717) is 0 Å². The van der Waals surface area contributed by atoms with Crippen LogP contribution in [0.25, 0.3) is 0 Å². The third-order valence-corrected chi connectivity index (χ3v) is 4.51. The standard InChI is InChI=1S/C22H27N5/c1-18-8-10-19(11-9-18)12-14-24-22(23-2)25-16-20-6-3-4-7-21(20)17-27-15-5-13-26-27/h3-11,13,15H,12,14,16-17H2,1-2H3,(H2,23,24,25). The van der Waals surface area contributed by atoms with Crippen LogP contribution in [-0.4, -0.2) is 29.3 Å². The van der Waals surface area contributed by atoms with Gasteiger partial charge in [0.25, 0.3) is 0 Å². The van der Waals surface area contributed by atoms with Gasteiger partial charge >= 0.3 is 0 Å². The third kappa shape index (κ3) is 5.71. The summed E-state index contributed by atoms with van der Waals surface area (Å²) in [5.74, 6) is 0.816. The SMILES string of the molecule is CN=C(NCCc1ccc(C)cc1)NCc1ccccc1Cn1cccn1. The first-order valence-corrected chi connectivity index (χ1v) is 9.29. The van der Waals surface area contributed by atoms with Crippen LogP contribution in [0.2, 0.25) is 0 Å². The molecule has 1 heterocycles. The van der Waals surface area contributed by atoms with Crippen LogP contribution in [0.5, 0.6) is 0 Å². The van der Waals surface area contributed by atoms with Gasteiger partial charge in [-0.25, -0.2) is 0 Å². The van der Waals surface area contributed by atoms with Gasteiger partial charge < -0.3 is 10.6 Å². The first-order valence-electron chi connectivity index (χ1n) is 9.29. The van der Waals surface area contributed by atoms with Gasteiger partial charge in [0.1, 0.15) is 0 Å². The molecule has 0 saturated heterocycles. The van der Waals surface area contributed by atoms with Gasteiger partial charge in [-0.2, -0.15) is 5.10 Å². The Hall–Kier alpha value is -3.08. The molecule has 0 atom stereocenters. The van der Waals surface area contributed by atoms with Gasteiger partial charge in [-0.3, -0.25) is 9.67 Å². The van der Waals surface area contributed by atoms with Gasteiger partial charge in [0.15, 0.2) is 5.96 Å². The molecule has 0 aliphatic carbocycles. The molecule has 0 unspecified atom stereocenters. The minimum Gasteiger partial charge on any atom is -0.356 e. The first-order chi connectivity index (χ1) is 13.2. The molecule has 0 aliphatic heterocycles. The van der Waals surface area contributed by atoms with Crippen LogP contribution in [0.4, 0.5) is 0 Å². The van der Waals surface area contributed by atoms with E-state index in [4.69, 9.17) is 0 Å². The van der Waals surface area contributed by atoms with Crippen molar-refractivity contribution in [3.63, 3.8) is 0 Å². The lowest BCUT2D eigenvalue weighted by atomic mass is 10.1. The Morgan fingerprint density at radius 1 is 1.00 bits per heavy atom. The lowest BCUT2D eigenvalue weighted by Crippen LogP contribution is -2.38. The zero-order valence-electron chi connectivity index (χ0n) is 16.0. The van der Waals surface area contributed by atoms with E-state index in [0.717, 1.165) is 32.0 Å². The maximum Gasteiger partial charge on any atom is 0.191 e. The van der Waals surface area contributed by atoms with Gasteiger partial charge in [0.2, 0.25) is 0 Å². The van der Waals surface area contributed by atoms with Gasteiger partial charge in [0, 0.05) is 32.5 Å². The van der Waals surface area contributed by atoms with Crippen molar-refractivity contribution in [2.75, 3.05) is 13.6 Å². The molecule has 5 nitrogen and oxygen atoms in total. The number of aryl methyl sites for hydroxylation is 1. The van der Waals surface area contributed by atoms with Crippen molar-refractivity contribution < 1.29 is 0 Å². The molecular weight excluding hydrogens is 334 g/mol. The van der Waals surface area contributed by atoms with Crippen molar-refractivity contribution in [3.8, 4) is 0 Å². The van der Waals surface area contributed by atoms with Crippen LogP contribution >= 0.6 is 0 Å². The predicted octanol–water partition coefficient (Wildman–Crippen LogP) is 3.15. The highest BCUT2D eigenvalue weighted by molar-refractivity contribution is 5.79. The number of nitrogens with one attached hydrogen (secondary N) is 2. The summed E-state index contributed by atoms with van der Waals surface area (Å²) < 4.78 is 1.94. The molecule has 3 aromatic rings. The zero-order valence-corrected chi connectivity index (χ0v) is 16.0. The van der Waals surface area contributed by atoms with Gasteiger partial charge in [-0.05, 0) is 36.1 Å². The molecule has 0 spiro atoms. The quantitative estimate of drug-likeness (QED) is 0.502. The van der Waals surface area contributed by atoms with E-state index in [9.17, 15) is 0 Å². The number of hydrogen-bond acceptors (Lipinski definition) is 2. The maximum atomic E-state index is 4.33. The van der Waals surface area contributed by atoms with Crippen molar-refractivity contribution in [1.29, 1.82) is 0 Å². The molecular formula is C22H27N5. The highest BCUT2D eigenvalue weighted by atomic mass is 15.3. The summed E-state index contributed by atoms with van der Waals surface area (Å²) in [5, 5.41) is 11.1. The molecule has 140 valence electrons. The van der Waals surface area contributed by atoms with Crippen molar-refractivity contribution in [1.82, 2.24) is 20.4 Å². The summed E-state index contributed by atoms with van der Waals surface area (Å²) in [6.45, 7) is 4.45. The summed E-state index contributed by atoms with van der Waals surface area (Å²) in [6.07, 6.45) is 4.76. The van der Waals surface area contributed by atoms with Crippen LogP contribution < -0.4 is 10.6 Å². The van der Waals surface area contributed by atoms with E-state index in [1.54, 1.807) is 13.2 Å². The second-order valence-corrected chi connectivity index (χ2v) is 6.56. The van der Waals surface area contributed by atoms with Crippen molar-refractivity contribution in [2.24, 2.45) is 4.99 Å². The smallest absolute Gasteiger partial charge is 0.191 e. The van der Waals surface area contributed by atoms with E-state index in [1.165, 1.54) is 22.3 Å². The Labute approximate surface area is 161 Å². The number of rotatable bonds is 7. The molecule has 1 aromatic heterocycles. The summed E-state index contributed by atoms with van der Waals surface area (Å²) in [6, 6.07) is 19.0. The lowest BCUT2D eigenvalue weighted by Gasteiger charge is -2.14. The Kier molecular flexibility index (Phi) is 6.63. The molecule has 5 heteroatoms. The summed E-state index contributed by atoms with van der Waals surface area (Å²) in [4.78, 5) is 4.33. The fraction of sp³-hybridized carbons (Fsp3) is 0.273. The molecule has 2 aromatic carbocycles. The maximum absolute atomic E-state index is 4.33. The van der Waals surface area contributed by atoms with Gasteiger partial charge in [0.05, 0.1) is 6.54 Å². The lowest BCUT2D eigenvalue weighted by molar-refractivity contribution is 0.677. The van der Waals surface area contributed by atoms with Crippen LogP contribution in [-0.2, 0) is 19.5 Å².